The number of halogens is 2. The van der Waals surface area contributed by atoms with E-state index >= 15 is 0 Å². The van der Waals surface area contributed by atoms with Gasteiger partial charge < -0.3 is 14.6 Å². The maximum absolute atomic E-state index is 13.8. The second-order valence-electron chi connectivity index (χ2n) is 5.16. The van der Waals surface area contributed by atoms with E-state index in [1.807, 2.05) is 4.72 Å². The van der Waals surface area contributed by atoms with Crippen LogP contribution >= 0.6 is 0 Å². The van der Waals surface area contributed by atoms with E-state index in [-0.39, 0.29) is 17.1 Å². The average Bonchev–Trinajstić information content (AvgIpc) is 2.61. The Morgan fingerprint density at radius 1 is 1.15 bits per heavy atom. The molecule has 0 aliphatic carbocycles. The monoisotopic (exact) mass is 399 g/mol. The molecule has 0 fully saturated rings. The summed E-state index contributed by atoms with van der Waals surface area (Å²) in [6.45, 7) is 0. The number of carboxylic acid groups (broad SMARTS) is 1. The first-order valence-corrected chi connectivity index (χ1v) is 8.81. The van der Waals surface area contributed by atoms with Gasteiger partial charge in [-0.25, -0.2) is 22.0 Å². The molecule has 0 saturated heterocycles. The molecule has 0 spiro atoms. The molecule has 0 aliphatic rings. The van der Waals surface area contributed by atoms with E-state index in [0.29, 0.717) is 6.07 Å². The minimum absolute atomic E-state index is 0.00475. The highest BCUT2D eigenvalue weighted by atomic mass is 32.2. The van der Waals surface area contributed by atoms with E-state index in [4.69, 9.17) is 14.6 Å². The van der Waals surface area contributed by atoms with Crippen LogP contribution in [0, 0.1) is 11.6 Å². The summed E-state index contributed by atoms with van der Waals surface area (Å²) in [5, 5.41) is 8.73. The van der Waals surface area contributed by atoms with Crippen LogP contribution in [0.5, 0.6) is 11.5 Å². The molecule has 2 N–H and O–H groups in total. The standard InChI is InChI=1S/C17H15F2NO6S/c1-25-14-7-10(3-6-16(21)22)8-15(17(14)26-2)27(23,24)20-13-9-11(18)4-5-12(13)19/h3-9,20H,1-2H3,(H,21,22)/b6-3+. The van der Waals surface area contributed by atoms with Crippen LogP contribution in [0.4, 0.5) is 14.5 Å². The number of benzene rings is 2. The molecule has 0 atom stereocenters. The van der Waals surface area contributed by atoms with Crippen LogP contribution in [0.3, 0.4) is 0 Å². The summed E-state index contributed by atoms with van der Waals surface area (Å²) in [6, 6.07) is 4.77. The van der Waals surface area contributed by atoms with Crippen LogP contribution in [0.15, 0.2) is 41.3 Å². The fourth-order valence-corrected chi connectivity index (χ4v) is 3.46. The number of sulfonamides is 1. The lowest BCUT2D eigenvalue weighted by molar-refractivity contribution is -0.131. The van der Waals surface area contributed by atoms with Gasteiger partial charge in [0.25, 0.3) is 10.0 Å². The Labute approximate surface area is 153 Å². The molecular weight excluding hydrogens is 384 g/mol. The normalized spacial score (nSPS) is 11.4. The van der Waals surface area contributed by atoms with Crippen LogP contribution in [0.1, 0.15) is 5.56 Å². The Bertz CT molecular complexity index is 1000. The number of hydrogen-bond acceptors (Lipinski definition) is 5. The highest BCUT2D eigenvalue weighted by Gasteiger charge is 2.25. The molecule has 2 rings (SSSR count). The number of aliphatic carboxylic acids is 1. The summed E-state index contributed by atoms with van der Waals surface area (Å²) in [4.78, 5) is 10.2. The van der Waals surface area contributed by atoms with Crippen molar-refractivity contribution in [3.05, 3.63) is 53.6 Å². The quantitative estimate of drug-likeness (QED) is 0.694. The lowest BCUT2D eigenvalue weighted by Crippen LogP contribution is -2.16. The second kappa shape index (κ2) is 8.04. The van der Waals surface area contributed by atoms with Crippen molar-refractivity contribution in [1.82, 2.24) is 0 Å². The van der Waals surface area contributed by atoms with Crippen molar-refractivity contribution in [3.63, 3.8) is 0 Å². The van der Waals surface area contributed by atoms with Gasteiger partial charge in [-0.3, -0.25) is 4.72 Å². The Hall–Kier alpha value is -3.14. The third-order valence-corrected chi connectivity index (χ3v) is 4.72. The summed E-state index contributed by atoms with van der Waals surface area (Å²) in [7, 11) is -1.97. The number of ether oxygens (including phenoxy) is 2. The third kappa shape index (κ3) is 4.73. The highest BCUT2D eigenvalue weighted by Crippen LogP contribution is 2.37. The van der Waals surface area contributed by atoms with Crippen LogP contribution in [-0.2, 0) is 14.8 Å². The van der Waals surface area contributed by atoms with Gasteiger partial charge in [-0.15, -0.1) is 0 Å². The van der Waals surface area contributed by atoms with Crippen molar-refractivity contribution in [3.8, 4) is 11.5 Å². The first-order valence-electron chi connectivity index (χ1n) is 7.33. The maximum atomic E-state index is 13.8. The van der Waals surface area contributed by atoms with Crippen LogP contribution < -0.4 is 14.2 Å². The zero-order valence-corrected chi connectivity index (χ0v) is 15.0. The van der Waals surface area contributed by atoms with E-state index < -0.39 is 38.2 Å². The van der Waals surface area contributed by atoms with Gasteiger partial charge in [-0.2, -0.15) is 0 Å². The maximum Gasteiger partial charge on any atom is 0.328 e. The van der Waals surface area contributed by atoms with Gasteiger partial charge in [0.2, 0.25) is 0 Å². The zero-order chi connectivity index (χ0) is 20.2. The largest absolute Gasteiger partial charge is 0.493 e. The summed E-state index contributed by atoms with van der Waals surface area (Å²) >= 11 is 0. The molecule has 0 saturated carbocycles. The Kier molecular flexibility index (Phi) is 6.01. The molecule has 0 amide bonds. The van der Waals surface area contributed by atoms with Gasteiger partial charge in [0.05, 0.1) is 19.9 Å². The number of carbonyl (C=O) groups is 1. The Morgan fingerprint density at radius 2 is 1.85 bits per heavy atom. The van der Waals surface area contributed by atoms with Crippen LogP contribution in [-0.4, -0.2) is 33.7 Å². The van der Waals surface area contributed by atoms with Gasteiger partial charge in [0, 0.05) is 12.1 Å². The summed E-state index contributed by atoms with van der Waals surface area (Å²) in [5.41, 5.74) is -0.419. The molecule has 7 nitrogen and oxygen atoms in total. The van der Waals surface area contributed by atoms with Gasteiger partial charge in [0.1, 0.15) is 16.5 Å². The van der Waals surface area contributed by atoms with Crippen molar-refractivity contribution >= 4 is 27.8 Å². The average molecular weight is 399 g/mol. The lowest BCUT2D eigenvalue weighted by atomic mass is 10.2. The van der Waals surface area contributed by atoms with Gasteiger partial charge in [-0.1, -0.05) is 0 Å². The third-order valence-electron chi connectivity index (χ3n) is 3.35. The van der Waals surface area contributed by atoms with Gasteiger partial charge in [0.15, 0.2) is 11.5 Å². The predicted octanol–water partition coefficient (Wildman–Crippen LogP) is 2.88. The Balaban J connectivity index is 2.61. The summed E-state index contributed by atoms with van der Waals surface area (Å²) in [6.07, 6.45) is 1.95. The summed E-state index contributed by atoms with van der Waals surface area (Å²) < 4.78 is 64.7. The van der Waals surface area contributed by atoms with Crippen LogP contribution in [0.25, 0.3) is 6.08 Å². The van der Waals surface area contributed by atoms with E-state index in [9.17, 15) is 22.0 Å². The van der Waals surface area contributed by atoms with Crippen molar-refractivity contribution in [1.29, 1.82) is 0 Å². The molecule has 2 aromatic carbocycles. The fourth-order valence-electron chi connectivity index (χ4n) is 2.19. The summed E-state index contributed by atoms with van der Waals surface area (Å²) in [5.74, 6) is -3.24. The molecule has 0 unspecified atom stereocenters. The van der Waals surface area contributed by atoms with Crippen molar-refractivity contribution in [2.75, 3.05) is 18.9 Å². The molecule has 0 heterocycles. The fraction of sp³-hybridized carbons (Fsp3) is 0.118. The van der Waals surface area contributed by atoms with Crippen molar-refractivity contribution in [2.24, 2.45) is 0 Å². The van der Waals surface area contributed by atoms with E-state index in [1.54, 1.807) is 0 Å². The number of hydrogen-bond donors (Lipinski definition) is 2. The zero-order valence-electron chi connectivity index (χ0n) is 14.2. The minimum Gasteiger partial charge on any atom is -0.493 e. The lowest BCUT2D eigenvalue weighted by Gasteiger charge is -2.15. The molecule has 0 aliphatic heterocycles. The van der Waals surface area contributed by atoms with Crippen molar-refractivity contribution in [2.45, 2.75) is 4.90 Å². The Morgan fingerprint density at radius 3 is 2.44 bits per heavy atom. The number of rotatable bonds is 7. The molecule has 144 valence electrons. The van der Waals surface area contributed by atoms with E-state index in [1.165, 1.54) is 20.3 Å². The second-order valence-corrected chi connectivity index (χ2v) is 6.81. The molecule has 0 bridgehead atoms. The topological polar surface area (TPSA) is 102 Å². The van der Waals surface area contributed by atoms with E-state index in [2.05, 4.69) is 0 Å². The van der Waals surface area contributed by atoms with Gasteiger partial charge >= 0.3 is 5.97 Å². The number of anilines is 1. The first kappa shape index (κ1) is 20.2. The molecule has 27 heavy (non-hydrogen) atoms. The predicted molar refractivity (Wildman–Crippen MR) is 93.4 cm³/mol. The number of carboxylic acids is 1. The van der Waals surface area contributed by atoms with Crippen molar-refractivity contribution < 1.29 is 36.6 Å². The molecule has 10 heteroatoms. The molecule has 0 radical (unpaired) electrons. The molecular formula is C17H15F2NO6S. The SMILES string of the molecule is COc1cc(/C=C/C(=O)O)cc(S(=O)(=O)Nc2cc(F)ccc2F)c1OC. The smallest absolute Gasteiger partial charge is 0.328 e. The minimum atomic E-state index is -4.43. The number of methoxy groups -OCH3 is 2. The highest BCUT2D eigenvalue weighted by molar-refractivity contribution is 7.92. The van der Waals surface area contributed by atoms with Crippen LogP contribution in [0.2, 0.25) is 0 Å². The molecule has 2 aromatic rings. The number of nitrogens with one attached hydrogen (secondary N) is 1. The first-order chi connectivity index (χ1) is 12.7. The molecule has 0 aromatic heterocycles. The van der Waals surface area contributed by atoms with E-state index in [0.717, 1.165) is 30.4 Å². The van der Waals surface area contributed by atoms with Gasteiger partial charge in [-0.05, 0) is 35.9 Å².